The van der Waals surface area contributed by atoms with Gasteiger partial charge >= 0.3 is 6.18 Å². The summed E-state index contributed by atoms with van der Waals surface area (Å²) in [5.74, 6) is 1.30. The Hall–Kier alpha value is -3.29. The SMILES string of the molecule is CCCN(CCC)c1nc(NCC)nc2cc(-c3ccccc3C(F)(F)F)c3c(ccn3C)c12. The lowest BCUT2D eigenvalue weighted by Gasteiger charge is -2.25. The normalized spacial score (nSPS) is 12.0. The van der Waals surface area contributed by atoms with Gasteiger partial charge in [0, 0.05) is 43.8 Å². The average molecular weight is 470 g/mol. The van der Waals surface area contributed by atoms with Crippen molar-refractivity contribution in [2.24, 2.45) is 7.05 Å². The fraction of sp³-hybridized carbons (Fsp3) is 0.385. The van der Waals surface area contributed by atoms with Crippen LogP contribution in [-0.2, 0) is 13.2 Å². The first-order valence-electron chi connectivity index (χ1n) is 11.7. The van der Waals surface area contributed by atoms with Crippen molar-refractivity contribution in [3.8, 4) is 11.1 Å². The van der Waals surface area contributed by atoms with E-state index in [1.807, 2.05) is 30.8 Å². The third-order valence-corrected chi connectivity index (χ3v) is 5.94. The largest absolute Gasteiger partial charge is 0.417 e. The standard InChI is InChI=1S/C26H30F3N5/c1-5-13-34(14-6-2)24-22-18-12-15-33(4)23(18)19(16-21(22)31-25(32-24)30-7-3)17-10-8-9-11-20(17)26(27,28)29/h8-12,15-16H,5-7,13-14H2,1-4H3,(H,30,31,32). The van der Waals surface area contributed by atoms with Crippen LogP contribution in [0.25, 0.3) is 32.9 Å². The van der Waals surface area contributed by atoms with Crippen LogP contribution in [-0.4, -0.2) is 34.2 Å². The molecule has 1 N–H and O–H groups in total. The first-order valence-corrected chi connectivity index (χ1v) is 11.7. The summed E-state index contributed by atoms with van der Waals surface area (Å²) in [6.45, 7) is 8.53. The molecule has 0 aliphatic rings. The highest BCUT2D eigenvalue weighted by Gasteiger charge is 2.34. The van der Waals surface area contributed by atoms with E-state index in [2.05, 4.69) is 24.1 Å². The summed E-state index contributed by atoms with van der Waals surface area (Å²) in [6, 6.07) is 9.46. The number of nitrogens with zero attached hydrogens (tertiary/aromatic N) is 4. The van der Waals surface area contributed by atoms with E-state index in [9.17, 15) is 13.2 Å². The van der Waals surface area contributed by atoms with Crippen molar-refractivity contribution in [2.75, 3.05) is 29.9 Å². The van der Waals surface area contributed by atoms with E-state index in [4.69, 9.17) is 9.97 Å². The molecule has 5 nitrogen and oxygen atoms in total. The van der Waals surface area contributed by atoms with Gasteiger partial charge in [0.25, 0.3) is 0 Å². The van der Waals surface area contributed by atoms with Crippen molar-refractivity contribution >= 4 is 33.6 Å². The van der Waals surface area contributed by atoms with Crippen LogP contribution in [0.2, 0.25) is 0 Å². The van der Waals surface area contributed by atoms with Gasteiger partial charge in [-0.25, -0.2) is 4.98 Å². The van der Waals surface area contributed by atoms with Gasteiger partial charge in [0.05, 0.1) is 22.0 Å². The number of halogens is 3. The van der Waals surface area contributed by atoms with Crippen molar-refractivity contribution in [3.05, 3.63) is 48.2 Å². The smallest absolute Gasteiger partial charge is 0.356 e. The van der Waals surface area contributed by atoms with E-state index in [1.165, 1.54) is 12.1 Å². The molecule has 0 amide bonds. The number of aromatic nitrogens is 3. The molecule has 8 heteroatoms. The van der Waals surface area contributed by atoms with Gasteiger partial charge in [-0.15, -0.1) is 0 Å². The molecule has 0 saturated carbocycles. The summed E-state index contributed by atoms with van der Waals surface area (Å²) >= 11 is 0. The Balaban J connectivity index is 2.12. The predicted octanol–water partition coefficient (Wildman–Crippen LogP) is 6.87. The Bertz CT molecular complexity index is 1300. The third-order valence-electron chi connectivity index (χ3n) is 5.94. The van der Waals surface area contributed by atoms with Gasteiger partial charge in [0.15, 0.2) is 0 Å². The van der Waals surface area contributed by atoms with Gasteiger partial charge in [-0.2, -0.15) is 18.2 Å². The number of nitrogens with one attached hydrogen (secondary N) is 1. The molecule has 180 valence electrons. The zero-order chi connectivity index (χ0) is 24.5. The van der Waals surface area contributed by atoms with Crippen LogP contribution in [0.5, 0.6) is 0 Å². The summed E-state index contributed by atoms with van der Waals surface area (Å²) in [5.41, 5.74) is 1.36. The maximum atomic E-state index is 13.9. The average Bonchev–Trinajstić information content (AvgIpc) is 3.19. The maximum Gasteiger partial charge on any atom is 0.417 e. The highest BCUT2D eigenvalue weighted by atomic mass is 19.4. The topological polar surface area (TPSA) is 46.0 Å². The monoisotopic (exact) mass is 469 g/mol. The van der Waals surface area contributed by atoms with Crippen LogP contribution >= 0.6 is 0 Å². The summed E-state index contributed by atoms with van der Waals surface area (Å²) in [7, 11) is 1.86. The molecule has 0 spiro atoms. The van der Waals surface area contributed by atoms with Gasteiger partial charge in [-0.3, -0.25) is 0 Å². The minimum absolute atomic E-state index is 0.146. The molecule has 0 atom stereocenters. The van der Waals surface area contributed by atoms with E-state index >= 15 is 0 Å². The number of aryl methyl sites for hydroxylation is 1. The van der Waals surface area contributed by atoms with Gasteiger partial charge in [0.1, 0.15) is 5.82 Å². The molecule has 0 fully saturated rings. The van der Waals surface area contributed by atoms with Crippen LogP contribution in [0.4, 0.5) is 24.9 Å². The number of alkyl halides is 3. The number of benzene rings is 2. The molecule has 0 radical (unpaired) electrons. The molecule has 0 aliphatic carbocycles. The number of anilines is 2. The van der Waals surface area contributed by atoms with Crippen LogP contribution in [0.1, 0.15) is 39.2 Å². The molecule has 0 bridgehead atoms. The minimum atomic E-state index is -4.46. The fourth-order valence-electron chi connectivity index (χ4n) is 4.60. The fourth-order valence-corrected chi connectivity index (χ4v) is 4.60. The molecule has 2 aromatic carbocycles. The number of rotatable bonds is 8. The van der Waals surface area contributed by atoms with Gasteiger partial charge < -0.3 is 14.8 Å². The van der Waals surface area contributed by atoms with Gasteiger partial charge in [-0.1, -0.05) is 32.0 Å². The van der Waals surface area contributed by atoms with Crippen molar-refractivity contribution < 1.29 is 13.2 Å². The lowest BCUT2D eigenvalue weighted by Crippen LogP contribution is -2.26. The number of hydrogen-bond acceptors (Lipinski definition) is 4. The Morgan fingerprint density at radius 2 is 1.68 bits per heavy atom. The minimum Gasteiger partial charge on any atom is -0.356 e. The molecule has 4 rings (SSSR count). The second-order valence-electron chi connectivity index (χ2n) is 8.44. The van der Waals surface area contributed by atoms with Crippen LogP contribution in [0, 0.1) is 0 Å². The first kappa shape index (κ1) is 23.9. The first-order chi connectivity index (χ1) is 16.3. The summed E-state index contributed by atoms with van der Waals surface area (Å²) in [5, 5.41) is 4.91. The molecule has 0 unspecified atom stereocenters. The van der Waals surface area contributed by atoms with E-state index in [-0.39, 0.29) is 5.56 Å². The Kier molecular flexibility index (Phi) is 6.68. The molecule has 0 aliphatic heterocycles. The molecular formula is C26H30F3N5. The Labute approximate surface area is 197 Å². The maximum absolute atomic E-state index is 13.9. The third kappa shape index (κ3) is 4.29. The molecule has 4 aromatic rings. The van der Waals surface area contributed by atoms with Crippen molar-refractivity contribution in [1.29, 1.82) is 0 Å². The number of hydrogen-bond donors (Lipinski definition) is 1. The second-order valence-corrected chi connectivity index (χ2v) is 8.44. The highest BCUT2D eigenvalue weighted by molar-refractivity contribution is 6.16. The highest BCUT2D eigenvalue weighted by Crippen LogP contribution is 2.43. The second kappa shape index (κ2) is 9.52. The summed E-state index contributed by atoms with van der Waals surface area (Å²) in [6.07, 6.45) is -0.669. The van der Waals surface area contributed by atoms with E-state index < -0.39 is 11.7 Å². The van der Waals surface area contributed by atoms with Crippen LogP contribution in [0.15, 0.2) is 42.6 Å². The quantitative estimate of drug-likeness (QED) is 0.306. The van der Waals surface area contributed by atoms with E-state index in [0.717, 1.165) is 54.1 Å². The lowest BCUT2D eigenvalue weighted by molar-refractivity contribution is -0.137. The van der Waals surface area contributed by atoms with Gasteiger partial charge in [-0.05, 0) is 43.5 Å². The zero-order valence-corrected chi connectivity index (χ0v) is 20.0. The molecule has 2 heterocycles. The van der Waals surface area contributed by atoms with E-state index in [1.54, 1.807) is 12.1 Å². The Morgan fingerprint density at radius 3 is 2.32 bits per heavy atom. The van der Waals surface area contributed by atoms with Crippen molar-refractivity contribution in [2.45, 2.75) is 39.8 Å². The molecule has 0 saturated heterocycles. The van der Waals surface area contributed by atoms with Gasteiger partial charge in [0.2, 0.25) is 5.95 Å². The molecular weight excluding hydrogens is 439 g/mol. The van der Waals surface area contributed by atoms with Crippen molar-refractivity contribution in [1.82, 2.24) is 14.5 Å². The zero-order valence-electron chi connectivity index (χ0n) is 20.0. The van der Waals surface area contributed by atoms with Crippen LogP contribution in [0.3, 0.4) is 0 Å². The number of fused-ring (bicyclic) bond motifs is 3. The Morgan fingerprint density at radius 1 is 0.971 bits per heavy atom. The molecule has 2 aromatic heterocycles. The summed E-state index contributed by atoms with van der Waals surface area (Å²) < 4.78 is 43.7. The lowest BCUT2D eigenvalue weighted by atomic mass is 9.95. The van der Waals surface area contributed by atoms with E-state index in [0.29, 0.717) is 23.6 Å². The van der Waals surface area contributed by atoms with Crippen molar-refractivity contribution in [3.63, 3.8) is 0 Å². The summed E-state index contributed by atoms with van der Waals surface area (Å²) in [4.78, 5) is 11.8. The predicted molar refractivity (Wildman–Crippen MR) is 133 cm³/mol. The van der Waals surface area contributed by atoms with Crippen LogP contribution < -0.4 is 10.2 Å². The molecule has 34 heavy (non-hydrogen) atoms.